The predicted molar refractivity (Wildman–Crippen MR) is 55.8 cm³/mol. The Kier molecular flexibility index (Phi) is 2.49. The van der Waals surface area contributed by atoms with Gasteiger partial charge in [0.1, 0.15) is 12.1 Å². The molecule has 2 rings (SSSR count). The molecule has 0 atom stereocenters. The topological polar surface area (TPSA) is 30.7 Å². The Morgan fingerprint density at radius 3 is 2.73 bits per heavy atom. The molecule has 4 heteroatoms. The van der Waals surface area contributed by atoms with E-state index in [-0.39, 0.29) is 5.82 Å². The van der Waals surface area contributed by atoms with Gasteiger partial charge >= 0.3 is 0 Å². The Bertz CT molecular complexity index is 476. The van der Waals surface area contributed by atoms with Gasteiger partial charge < -0.3 is 0 Å². The van der Waals surface area contributed by atoms with E-state index in [1.165, 1.54) is 6.07 Å². The van der Waals surface area contributed by atoms with Gasteiger partial charge in [-0.3, -0.25) is 4.68 Å². The van der Waals surface area contributed by atoms with Gasteiger partial charge in [0.05, 0.1) is 5.56 Å². The molecular weight excluding hydrogens is 193 g/mol. The molecular formula is C11H12FN3. The summed E-state index contributed by atoms with van der Waals surface area (Å²) in [7, 11) is 1.76. The van der Waals surface area contributed by atoms with E-state index in [1.54, 1.807) is 24.1 Å². The van der Waals surface area contributed by atoms with Crippen LogP contribution in [0.2, 0.25) is 0 Å². The van der Waals surface area contributed by atoms with Crippen LogP contribution < -0.4 is 0 Å². The van der Waals surface area contributed by atoms with Crippen LogP contribution in [0.4, 0.5) is 4.39 Å². The Morgan fingerprint density at radius 1 is 1.40 bits per heavy atom. The molecule has 0 N–H and O–H groups in total. The monoisotopic (exact) mass is 205 g/mol. The van der Waals surface area contributed by atoms with E-state index >= 15 is 0 Å². The molecule has 78 valence electrons. The maximum absolute atomic E-state index is 13.6. The van der Waals surface area contributed by atoms with Gasteiger partial charge in [-0.15, -0.1) is 0 Å². The summed E-state index contributed by atoms with van der Waals surface area (Å²) in [4.78, 5) is 4.01. The summed E-state index contributed by atoms with van der Waals surface area (Å²) in [5.74, 6) is 0.165. The molecule has 0 unspecified atom stereocenters. The largest absolute Gasteiger partial charge is 0.255 e. The fourth-order valence-corrected chi connectivity index (χ4v) is 1.42. The number of benzene rings is 1. The van der Waals surface area contributed by atoms with E-state index in [2.05, 4.69) is 10.1 Å². The van der Waals surface area contributed by atoms with Gasteiger partial charge in [-0.2, -0.15) is 5.10 Å². The number of hydrogen-bond donors (Lipinski definition) is 0. The molecule has 0 saturated carbocycles. The Hall–Kier alpha value is -1.71. The smallest absolute Gasteiger partial charge is 0.184 e. The first-order valence-electron chi connectivity index (χ1n) is 4.85. The van der Waals surface area contributed by atoms with Crippen LogP contribution >= 0.6 is 0 Å². The molecule has 0 fully saturated rings. The van der Waals surface area contributed by atoms with Crippen molar-refractivity contribution >= 4 is 0 Å². The van der Waals surface area contributed by atoms with Gasteiger partial charge in [-0.05, 0) is 24.1 Å². The van der Waals surface area contributed by atoms with Crippen molar-refractivity contribution in [1.82, 2.24) is 14.8 Å². The maximum Gasteiger partial charge on any atom is 0.184 e. The molecule has 1 heterocycles. The number of hydrogen-bond acceptors (Lipinski definition) is 2. The second-order valence-electron chi connectivity index (χ2n) is 3.41. The fourth-order valence-electron chi connectivity index (χ4n) is 1.42. The third-order valence-corrected chi connectivity index (χ3v) is 2.28. The number of nitrogens with zero attached hydrogens (tertiary/aromatic N) is 3. The van der Waals surface area contributed by atoms with Crippen LogP contribution in [0.25, 0.3) is 11.4 Å². The molecule has 0 aliphatic carbocycles. The van der Waals surface area contributed by atoms with Gasteiger partial charge in [-0.25, -0.2) is 9.37 Å². The molecule has 1 aromatic carbocycles. The number of rotatable bonds is 2. The van der Waals surface area contributed by atoms with Gasteiger partial charge in [0.2, 0.25) is 0 Å². The minimum atomic E-state index is -0.263. The zero-order chi connectivity index (χ0) is 10.8. The fraction of sp³-hybridized carbons (Fsp3) is 0.273. The van der Waals surface area contributed by atoms with Crippen molar-refractivity contribution in [3.8, 4) is 11.4 Å². The van der Waals surface area contributed by atoms with Gasteiger partial charge in [0.15, 0.2) is 5.82 Å². The molecule has 0 amide bonds. The van der Waals surface area contributed by atoms with E-state index in [4.69, 9.17) is 0 Å². The molecule has 3 nitrogen and oxygen atoms in total. The summed E-state index contributed by atoms with van der Waals surface area (Å²) in [6.45, 7) is 1.99. The van der Waals surface area contributed by atoms with Crippen LogP contribution in [0.15, 0.2) is 24.5 Å². The van der Waals surface area contributed by atoms with Crippen molar-refractivity contribution in [2.24, 2.45) is 7.05 Å². The van der Waals surface area contributed by atoms with E-state index in [1.807, 2.05) is 13.0 Å². The second kappa shape index (κ2) is 3.81. The Labute approximate surface area is 87.6 Å². The molecule has 0 bridgehead atoms. The lowest BCUT2D eigenvalue weighted by atomic mass is 10.1. The highest BCUT2D eigenvalue weighted by molar-refractivity contribution is 5.55. The zero-order valence-electron chi connectivity index (χ0n) is 8.74. The highest BCUT2D eigenvalue weighted by Crippen LogP contribution is 2.19. The van der Waals surface area contributed by atoms with Crippen molar-refractivity contribution in [3.63, 3.8) is 0 Å². The van der Waals surface area contributed by atoms with Gasteiger partial charge in [0.25, 0.3) is 0 Å². The van der Waals surface area contributed by atoms with Crippen LogP contribution in [-0.4, -0.2) is 14.8 Å². The lowest BCUT2D eigenvalue weighted by molar-refractivity contribution is 0.627. The minimum Gasteiger partial charge on any atom is -0.255 e. The quantitative estimate of drug-likeness (QED) is 0.752. The molecule has 0 aliphatic rings. The maximum atomic E-state index is 13.6. The average molecular weight is 205 g/mol. The highest BCUT2D eigenvalue weighted by Gasteiger charge is 2.09. The van der Waals surface area contributed by atoms with Crippen LogP contribution in [0.1, 0.15) is 12.5 Å². The third-order valence-electron chi connectivity index (χ3n) is 2.28. The lowest BCUT2D eigenvalue weighted by Crippen LogP contribution is -1.91. The summed E-state index contributed by atoms with van der Waals surface area (Å²) in [6.07, 6.45) is 2.38. The molecule has 0 saturated heterocycles. The third kappa shape index (κ3) is 1.88. The van der Waals surface area contributed by atoms with E-state index in [0.29, 0.717) is 11.4 Å². The average Bonchev–Trinajstić information content (AvgIpc) is 2.64. The van der Waals surface area contributed by atoms with Crippen molar-refractivity contribution < 1.29 is 4.39 Å². The number of aryl methyl sites for hydroxylation is 2. The number of aromatic nitrogens is 3. The zero-order valence-corrected chi connectivity index (χ0v) is 8.74. The van der Waals surface area contributed by atoms with E-state index in [9.17, 15) is 4.39 Å². The molecule has 0 aliphatic heterocycles. The summed E-state index contributed by atoms with van der Waals surface area (Å²) >= 11 is 0. The molecule has 1 aromatic heterocycles. The van der Waals surface area contributed by atoms with Crippen molar-refractivity contribution in [2.75, 3.05) is 0 Å². The molecule has 0 radical (unpaired) electrons. The predicted octanol–water partition coefficient (Wildman–Crippen LogP) is 2.18. The Balaban J connectivity index is 2.45. The molecule has 2 aromatic rings. The molecule has 15 heavy (non-hydrogen) atoms. The number of halogens is 1. The summed E-state index contributed by atoms with van der Waals surface area (Å²) in [5, 5.41) is 4.06. The van der Waals surface area contributed by atoms with Crippen molar-refractivity contribution in [3.05, 3.63) is 35.9 Å². The summed E-state index contributed by atoms with van der Waals surface area (Å²) in [5.41, 5.74) is 1.43. The first-order chi connectivity index (χ1) is 7.20. The highest BCUT2D eigenvalue weighted by atomic mass is 19.1. The van der Waals surface area contributed by atoms with Crippen LogP contribution in [0.3, 0.4) is 0 Å². The van der Waals surface area contributed by atoms with Crippen LogP contribution in [0.5, 0.6) is 0 Å². The summed E-state index contributed by atoms with van der Waals surface area (Å²) < 4.78 is 15.2. The standard InChI is InChI=1S/C11H12FN3/c1-3-8-4-5-9(10(12)6-8)11-13-7-15(2)14-11/h4-7H,3H2,1-2H3. The minimum absolute atomic E-state index is 0.263. The Morgan fingerprint density at radius 2 is 2.20 bits per heavy atom. The SMILES string of the molecule is CCc1ccc(-c2ncn(C)n2)c(F)c1. The van der Waals surface area contributed by atoms with E-state index in [0.717, 1.165) is 12.0 Å². The van der Waals surface area contributed by atoms with Crippen LogP contribution in [0, 0.1) is 5.82 Å². The van der Waals surface area contributed by atoms with Crippen molar-refractivity contribution in [1.29, 1.82) is 0 Å². The summed E-state index contributed by atoms with van der Waals surface area (Å²) in [6, 6.07) is 5.16. The van der Waals surface area contributed by atoms with Crippen molar-refractivity contribution in [2.45, 2.75) is 13.3 Å². The first-order valence-corrected chi connectivity index (χ1v) is 4.85. The lowest BCUT2D eigenvalue weighted by Gasteiger charge is -2.00. The molecule has 0 spiro atoms. The normalized spacial score (nSPS) is 10.6. The van der Waals surface area contributed by atoms with Crippen LogP contribution in [-0.2, 0) is 13.5 Å². The first kappa shape index (κ1) is 9.83. The van der Waals surface area contributed by atoms with E-state index < -0.39 is 0 Å². The second-order valence-corrected chi connectivity index (χ2v) is 3.41. The van der Waals surface area contributed by atoms with Gasteiger partial charge in [0, 0.05) is 7.05 Å². The van der Waals surface area contributed by atoms with Gasteiger partial charge in [-0.1, -0.05) is 13.0 Å².